The third-order valence-electron chi connectivity index (χ3n) is 4.40. The maximum absolute atomic E-state index is 6.16. The first-order chi connectivity index (χ1) is 7.85. The van der Waals surface area contributed by atoms with E-state index in [1.807, 2.05) is 0 Å². The van der Waals surface area contributed by atoms with E-state index in [1.54, 1.807) is 0 Å². The molecule has 1 aliphatic rings. The van der Waals surface area contributed by atoms with Gasteiger partial charge in [-0.3, -0.25) is 0 Å². The number of ether oxygens (including phenoxy) is 1. The minimum absolute atomic E-state index is 0.164. The Kier molecular flexibility index (Phi) is 5.56. The van der Waals surface area contributed by atoms with Gasteiger partial charge in [-0.25, -0.2) is 0 Å². The minimum atomic E-state index is -0.164. The molecule has 4 atom stereocenters. The molecule has 0 aromatic carbocycles. The second kappa shape index (κ2) is 6.27. The number of rotatable bonds is 5. The normalized spacial score (nSPS) is 33.6. The van der Waals surface area contributed by atoms with E-state index < -0.39 is 0 Å². The van der Waals surface area contributed by atoms with Gasteiger partial charge in [0, 0.05) is 6.61 Å². The predicted molar refractivity (Wildman–Crippen MR) is 75.5 cm³/mol. The standard InChI is InChI=1S/C15H29BO/c1-6-15(5,16)10-17-14-9-12(4)7-8-13(14)11(2)3/h11-14H,6-10H2,1-5H3. The van der Waals surface area contributed by atoms with E-state index in [0.717, 1.165) is 24.2 Å². The van der Waals surface area contributed by atoms with Crippen molar-refractivity contribution in [2.45, 2.75) is 71.7 Å². The average molecular weight is 236 g/mol. The van der Waals surface area contributed by atoms with Crippen molar-refractivity contribution in [1.82, 2.24) is 0 Å². The van der Waals surface area contributed by atoms with Crippen molar-refractivity contribution in [1.29, 1.82) is 0 Å². The summed E-state index contributed by atoms with van der Waals surface area (Å²) in [6.07, 6.45) is 5.28. The molecule has 4 unspecified atom stereocenters. The molecule has 1 nitrogen and oxygen atoms in total. The highest BCUT2D eigenvalue weighted by molar-refractivity contribution is 6.14. The van der Waals surface area contributed by atoms with Gasteiger partial charge in [0.05, 0.1) is 14.0 Å². The summed E-state index contributed by atoms with van der Waals surface area (Å²) in [7, 11) is 6.16. The zero-order chi connectivity index (χ0) is 13.1. The lowest BCUT2D eigenvalue weighted by molar-refractivity contribution is -0.0472. The fourth-order valence-electron chi connectivity index (χ4n) is 2.71. The van der Waals surface area contributed by atoms with Crippen LogP contribution in [0.3, 0.4) is 0 Å². The van der Waals surface area contributed by atoms with Crippen molar-refractivity contribution in [2.24, 2.45) is 17.8 Å². The minimum Gasteiger partial charge on any atom is -0.378 e. The largest absolute Gasteiger partial charge is 0.378 e. The quantitative estimate of drug-likeness (QED) is 0.649. The predicted octanol–water partition coefficient (Wildman–Crippen LogP) is 4.22. The van der Waals surface area contributed by atoms with Gasteiger partial charge in [0.2, 0.25) is 0 Å². The van der Waals surface area contributed by atoms with Crippen LogP contribution in [0.1, 0.15) is 60.3 Å². The molecule has 0 spiro atoms. The van der Waals surface area contributed by atoms with Crippen LogP contribution in [0.15, 0.2) is 0 Å². The monoisotopic (exact) mass is 236 g/mol. The zero-order valence-electron chi connectivity index (χ0n) is 12.3. The van der Waals surface area contributed by atoms with Crippen molar-refractivity contribution < 1.29 is 4.74 Å². The van der Waals surface area contributed by atoms with Crippen molar-refractivity contribution in [3.63, 3.8) is 0 Å². The topological polar surface area (TPSA) is 9.23 Å². The lowest BCUT2D eigenvalue weighted by atomic mass is 9.69. The Morgan fingerprint density at radius 3 is 2.53 bits per heavy atom. The molecule has 0 bridgehead atoms. The van der Waals surface area contributed by atoms with Crippen LogP contribution in [-0.2, 0) is 4.74 Å². The molecule has 1 fully saturated rings. The Balaban J connectivity index is 2.52. The lowest BCUT2D eigenvalue weighted by Crippen LogP contribution is -2.36. The summed E-state index contributed by atoms with van der Waals surface area (Å²) in [4.78, 5) is 0. The van der Waals surface area contributed by atoms with Crippen LogP contribution in [-0.4, -0.2) is 20.6 Å². The molecule has 0 aromatic heterocycles. The van der Waals surface area contributed by atoms with Crippen molar-refractivity contribution in [2.75, 3.05) is 6.61 Å². The van der Waals surface area contributed by atoms with E-state index in [4.69, 9.17) is 12.6 Å². The number of hydrogen-bond donors (Lipinski definition) is 0. The SMILES string of the molecule is [B]C(C)(CC)COC1CC(C)CCC1C(C)C. The Morgan fingerprint density at radius 2 is 2.00 bits per heavy atom. The van der Waals surface area contributed by atoms with Gasteiger partial charge in [-0.05, 0) is 35.9 Å². The van der Waals surface area contributed by atoms with Crippen LogP contribution in [0, 0.1) is 17.8 Å². The molecular formula is C15H29BO. The molecule has 1 aliphatic carbocycles. The van der Waals surface area contributed by atoms with Crippen LogP contribution in [0.4, 0.5) is 0 Å². The van der Waals surface area contributed by atoms with Gasteiger partial charge in [0.15, 0.2) is 0 Å². The molecule has 1 rings (SSSR count). The van der Waals surface area contributed by atoms with Gasteiger partial charge in [-0.2, -0.15) is 0 Å². The highest BCUT2D eigenvalue weighted by Crippen LogP contribution is 2.37. The van der Waals surface area contributed by atoms with Crippen LogP contribution < -0.4 is 0 Å². The molecule has 0 N–H and O–H groups in total. The van der Waals surface area contributed by atoms with Gasteiger partial charge >= 0.3 is 0 Å². The summed E-state index contributed by atoms with van der Waals surface area (Å²) in [5.74, 6) is 2.25. The Bertz CT molecular complexity index is 225. The van der Waals surface area contributed by atoms with E-state index in [9.17, 15) is 0 Å². The van der Waals surface area contributed by atoms with Crippen LogP contribution in [0.5, 0.6) is 0 Å². The van der Waals surface area contributed by atoms with E-state index in [0.29, 0.717) is 12.7 Å². The third kappa shape index (κ3) is 4.65. The second-order valence-corrected chi connectivity index (χ2v) is 6.68. The van der Waals surface area contributed by atoms with Crippen molar-refractivity contribution in [3.05, 3.63) is 0 Å². The summed E-state index contributed by atoms with van der Waals surface area (Å²) in [5.41, 5.74) is 0. The zero-order valence-corrected chi connectivity index (χ0v) is 12.3. The maximum atomic E-state index is 6.16. The van der Waals surface area contributed by atoms with Crippen LogP contribution in [0.25, 0.3) is 0 Å². The highest BCUT2D eigenvalue weighted by Gasteiger charge is 2.32. The van der Waals surface area contributed by atoms with Crippen LogP contribution in [0.2, 0.25) is 5.31 Å². The fourth-order valence-corrected chi connectivity index (χ4v) is 2.71. The van der Waals surface area contributed by atoms with E-state index in [2.05, 4.69) is 34.6 Å². The van der Waals surface area contributed by atoms with E-state index in [1.165, 1.54) is 19.3 Å². The summed E-state index contributed by atoms with van der Waals surface area (Å²) < 4.78 is 6.16. The highest BCUT2D eigenvalue weighted by atomic mass is 16.5. The first-order valence-electron chi connectivity index (χ1n) is 7.26. The Labute approximate surface area is 109 Å². The van der Waals surface area contributed by atoms with Gasteiger partial charge in [-0.15, -0.1) is 0 Å². The van der Waals surface area contributed by atoms with Crippen molar-refractivity contribution in [3.8, 4) is 0 Å². The molecule has 2 heteroatoms. The molecule has 17 heavy (non-hydrogen) atoms. The molecule has 0 heterocycles. The van der Waals surface area contributed by atoms with Gasteiger partial charge < -0.3 is 4.74 Å². The van der Waals surface area contributed by atoms with Gasteiger partial charge in [0.1, 0.15) is 0 Å². The summed E-state index contributed by atoms with van der Waals surface area (Å²) >= 11 is 0. The second-order valence-electron chi connectivity index (χ2n) is 6.68. The maximum Gasteiger partial charge on any atom is 0.0773 e. The first kappa shape index (κ1) is 15.1. The molecule has 1 saturated carbocycles. The van der Waals surface area contributed by atoms with E-state index >= 15 is 0 Å². The molecule has 0 aromatic rings. The molecule has 2 radical (unpaired) electrons. The smallest absolute Gasteiger partial charge is 0.0773 e. The summed E-state index contributed by atoms with van der Waals surface area (Å²) in [6.45, 7) is 11.9. The van der Waals surface area contributed by atoms with E-state index in [-0.39, 0.29) is 5.31 Å². The molecular weight excluding hydrogens is 207 g/mol. The molecule has 0 aliphatic heterocycles. The third-order valence-corrected chi connectivity index (χ3v) is 4.40. The van der Waals surface area contributed by atoms with Gasteiger partial charge in [-0.1, -0.05) is 47.5 Å². The first-order valence-corrected chi connectivity index (χ1v) is 7.26. The number of hydrogen-bond acceptors (Lipinski definition) is 1. The van der Waals surface area contributed by atoms with Crippen LogP contribution >= 0.6 is 0 Å². The van der Waals surface area contributed by atoms with Gasteiger partial charge in [0.25, 0.3) is 0 Å². The summed E-state index contributed by atoms with van der Waals surface area (Å²) in [5, 5.41) is -0.164. The molecule has 0 saturated heterocycles. The lowest BCUT2D eigenvalue weighted by Gasteiger charge is -2.39. The summed E-state index contributed by atoms with van der Waals surface area (Å²) in [6, 6.07) is 0. The Hall–Kier alpha value is 0.0249. The van der Waals surface area contributed by atoms with Crippen molar-refractivity contribution >= 4 is 7.85 Å². The average Bonchev–Trinajstić information content (AvgIpc) is 2.26. The molecule has 0 amide bonds. The molecule has 98 valence electrons. The fraction of sp³-hybridized carbons (Fsp3) is 1.00. The Morgan fingerprint density at radius 1 is 1.35 bits per heavy atom.